The summed E-state index contributed by atoms with van der Waals surface area (Å²) in [5.74, 6) is -1.59. The van der Waals surface area contributed by atoms with E-state index in [0.717, 1.165) is 30.3 Å². The van der Waals surface area contributed by atoms with Gasteiger partial charge in [0.15, 0.2) is 0 Å². The van der Waals surface area contributed by atoms with E-state index in [9.17, 15) is 31.9 Å². The van der Waals surface area contributed by atoms with Crippen molar-refractivity contribution >= 4 is 34.9 Å². The number of urea groups is 1. The Labute approximate surface area is 193 Å². The summed E-state index contributed by atoms with van der Waals surface area (Å²) in [6, 6.07) is 7.35. The smallest absolute Gasteiger partial charge is 0.417 e. The van der Waals surface area contributed by atoms with Crippen LogP contribution in [0.15, 0.2) is 53.3 Å². The molecule has 1 aromatic heterocycles. The summed E-state index contributed by atoms with van der Waals surface area (Å²) in [5, 5.41) is 6.11. The molecule has 3 rings (SSSR count). The predicted octanol–water partition coefficient (Wildman–Crippen LogP) is 4.98. The number of benzene rings is 2. The van der Waals surface area contributed by atoms with Gasteiger partial charge in [0, 0.05) is 30.9 Å². The second-order valence-electron chi connectivity index (χ2n) is 6.69. The van der Waals surface area contributed by atoms with Gasteiger partial charge >= 0.3 is 12.2 Å². The number of hydrogen-bond donors (Lipinski definition) is 4. The van der Waals surface area contributed by atoms with Crippen LogP contribution < -0.4 is 26.2 Å². The van der Waals surface area contributed by atoms with E-state index >= 15 is 0 Å². The first-order valence-electron chi connectivity index (χ1n) is 9.35. The number of aromatic nitrogens is 1. The normalized spacial score (nSPS) is 11.0. The first kappa shape index (κ1) is 24.6. The lowest BCUT2D eigenvalue weighted by molar-refractivity contribution is -0.137. The molecule has 0 atom stereocenters. The molecule has 8 nitrogen and oxygen atoms in total. The van der Waals surface area contributed by atoms with Gasteiger partial charge in [-0.25, -0.2) is 9.18 Å². The highest BCUT2D eigenvalue weighted by molar-refractivity contribution is 6.31. The van der Waals surface area contributed by atoms with Crippen molar-refractivity contribution in [2.75, 3.05) is 17.7 Å². The summed E-state index contributed by atoms with van der Waals surface area (Å²) < 4.78 is 58.7. The van der Waals surface area contributed by atoms with Crippen molar-refractivity contribution in [3.63, 3.8) is 0 Å². The number of ether oxygens (including phenoxy) is 1. The molecule has 0 unspecified atom stereocenters. The highest BCUT2D eigenvalue weighted by atomic mass is 35.5. The summed E-state index contributed by atoms with van der Waals surface area (Å²) in [6.07, 6.45) is -4.72. The van der Waals surface area contributed by atoms with E-state index < -0.39 is 40.1 Å². The Morgan fingerprint density at radius 3 is 2.38 bits per heavy atom. The quantitative estimate of drug-likeness (QED) is 0.372. The number of amides is 3. The third-order valence-electron chi connectivity index (χ3n) is 4.24. The van der Waals surface area contributed by atoms with Crippen LogP contribution in [0.4, 0.5) is 33.7 Å². The zero-order valence-corrected chi connectivity index (χ0v) is 17.9. The molecule has 0 saturated carbocycles. The molecule has 0 radical (unpaired) electrons. The van der Waals surface area contributed by atoms with Gasteiger partial charge in [-0.05, 0) is 30.3 Å². The third kappa shape index (κ3) is 6.04. The van der Waals surface area contributed by atoms with E-state index in [2.05, 4.69) is 20.9 Å². The molecule has 0 aliphatic carbocycles. The van der Waals surface area contributed by atoms with E-state index in [1.807, 2.05) is 0 Å². The Morgan fingerprint density at radius 2 is 1.74 bits per heavy atom. The van der Waals surface area contributed by atoms with Crippen molar-refractivity contribution in [1.29, 1.82) is 0 Å². The number of halogens is 5. The average Bonchev–Trinajstić information content (AvgIpc) is 2.75. The van der Waals surface area contributed by atoms with Crippen LogP contribution in [0.2, 0.25) is 5.02 Å². The van der Waals surface area contributed by atoms with Gasteiger partial charge in [-0.1, -0.05) is 11.6 Å². The van der Waals surface area contributed by atoms with Crippen molar-refractivity contribution in [3.05, 3.63) is 81.0 Å². The molecule has 0 spiro atoms. The van der Waals surface area contributed by atoms with Crippen molar-refractivity contribution in [3.8, 4) is 11.5 Å². The van der Waals surface area contributed by atoms with Crippen LogP contribution in [-0.4, -0.2) is 24.0 Å². The number of aromatic amines is 1. The van der Waals surface area contributed by atoms with E-state index in [0.29, 0.717) is 6.07 Å². The van der Waals surface area contributed by atoms with Crippen molar-refractivity contribution in [1.82, 2.24) is 10.3 Å². The summed E-state index contributed by atoms with van der Waals surface area (Å²) in [7, 11) is 1.37. The number of carbonyl (C=O) groups is 2. The molecule has 0 saturated heterocycles. The number of hydrogen-bond acceptors (Lipinski definition) is 4. The van der Waals surface area contributed by atoms with Gasteiger partial charge in [-0.3, -0.25) is 9.59 Å². The number of nitrogens with one attached hydrogen (secondary N) is 4. The van der Waals surface area contributed by atoms with Gasteiger partial charge in [0.25, 0.3) is 11.5 Å². The maximum atomic E-state index is 14.4. The fourth-order valence-electron chi connectivity index (χ4n) is 2.74. The van der Waals surface area contributed by atoms with Crippen LogP contribution in [-0.2, 0) is 6.18 Å². The Morgan fingerprint density at radius 1 is 1.00 bits per heavy atom. The molecule has 0 bridgehead atoms. The van der Waals surface area contributed by atoms with Gasteiger partial charge in [0.2, 0.25) is 0 Å². The molecule has 4 N–H and O–H groups in total. The number of carbonyl (C=O) groups excluding carboxylic acids is 2. The molecule has 3 aromatic rings. The standard InChI is InChI=1S/C21H15ClF4N4O4/c1-27-19(32)17-8-12(9-18(31)29-17)34-11-3-5-16(15(23)7-11)30-20(33)28-10-2-4-14(22)13(6-10)21(24,25)26/h2-9H,1H3,(H,27,32)(H,29,31)(H2,28,30,33). The fourth-order valence-corrected chi connectivity index (χ4v) is 2.96. The first-order chi connectivity index (χ1) is 16.0. The van der Waals surface area contributed by atoms with Crippen LogP contribution in [0.25, 0.3) is 0 Å². The van der Waals surface area contributed by atoms with Crippen LogP contribution in [0.3, 0.4) is 0 Å². The third-order valence-corrected chi connectivity index (χ3v) is 4.57. The maximum Gasteiger partial charge on any atom is 0.417 e. The molecule has 2 aromatic carbocycles. The Kier molecular flexibility index (Phi) is 7.11. The van der Waals surface area contributed by atoms with Crippen LogP contribution >= 0.6 is 11.6 Å². The number of alkyl halides is 3. The number of anilines is 2. The Balaban J connectivity index is 1.71. The van der Waals surface area contributed by atoms with E-state index in [-0.39, 0.29) is 28.6 Å². The maximum absolute atomic E-state index is 14.4. The van der Waals surface area contributed by atoms with Gasteiger partial charge in [0.1, 0.15) is 23.0 Å². The van der Waals surface area contributed by atoms with Crippen LogP contribution in [0.1, 0.15) is 16.1 Å². The minimum absolute atomic E-state index is 0.0385. The van der Waals surface area contributed by atoms with Gasteiger partial charge in [-0.2, -0.15) is 13.2 Å². The zero-order chi connectivity index (χ0) is 25.0. The summed E-state index contributed by atoms with van der Waals surface area (Å²) in [4.78, 5) is 37.8. The monoisotopic (exact) mass is 498 g/mol. The number of pyridine rings is 1. The molecule has 178 valence electrons. The largest absolute Gasteiger partial charge is 0.457 e. The minimum atomic E-state index is -4.72. The molecular weight excluding hydrogens is 484 g/mol. The van der Waals surface area contributed by atoms with Crippen LogP contribution in [0.5, 0.6) is 11.5 Å². The lowest BCUT2D eigenvalue weighted by Crippen LogP contribution is -2.22. The van der Waals surface area contributed by atoms with Gasteiger partial charge in [0.05, 0.1) is 16.3 Å². The van der Waals surface area contributed by atoms with E-state index in [1.165, 1.54) is 19.2 Å². The second-order valence-corrected chi connectivity index (χ2v) is 7.10. The van der Waals surface area contributed by atoms with Gasteiger partial charge < -0.3 is 25.7 Å². The minimum Gasteiger partial charge on any atom is -0.457 e. The summed E-state index contributed by atoms with van der Waals surface area (Å²) in [6.45, 7) is 0. The van der Waals surface area contributed by atoms with Gasteiger partial charge in [-0.15, -0.1) is 0 Å². The zero-order valence-electron chi connectivity index (χ0n) is 17.1. The summed E-state index contributed by atoms with van der Waals surface area (Å²) >= 11 is 5.53. The Hall–Kier alpha value is -4.06. The fraction of sp³-hybridized carbons (Fsp3) is 0.0952. The molecule has 3 amide bonds. The number of rotatable bonds is 5. The molecule has 0 aliphatic heterocycles. The highest BCUT2D eigenvalue weighted by Crippen LogP contribution is 2.36. The topological polar surface area (TPSA) is 112 Å². The lowest BCUT2D eigenvalue weighted by atomic mass is 10.2. The molecule has 1 heterocycles. The molecule has 13 heteroatoms. The van der Waals surface area contributed by atoms with Crippen molar-refractivity contribution < 1.29 is 31.9 Å². The van der Waals surface area contributed by atoms with E-state index in [1.54, 1.807) is 0 Å². The molecule has 0 fully saturated rings. The predicted molar refractivity (Wildman–Crippen MR) is 116 cm³/mol. The highest BCUT2D eigenvalue weighted by Gasteiger charge is 2.33. The van der Waals surface area contributed by atoms with Crippen molar-refractivity contribution in [2.24, 2.45) is 0 Å². The van der Waals surface area contributed by atoms with Crippen molar-refractivity contribution in [2.45, 2.75) is 6.18 Å². The molecule has 0 aliphatic rings. The molecule has 34 heavy (non-hydrogen) atoms. The lowest BCUT2D eigenvalue weighted by Gasteiger charge is -2.13. The average molecular weight is 499 g/mol. The second kappa shape index (κ2) is 9.83. The summed E-state index contributed by atoms with van der Waals surface area (Å²) in [5.41, 5.74) is -2.35. The van der Waals surface area contributed by atoms with E-state index in [4.69, 9.17) is 16.3 Å². The SMILES string of the molecule is CNC(=O)c1cc(Oc2ccc(NC(=O)Nc3ccc(Cl)c(C(F)(F)F)c3)c(F)c2)cc(=O)[nH]1. The number of H-pyrrole nitrogens is 1. The molecular formula is C21H15ClF4N4O4. The first-order valence-corrected chi connectivity index (χ1v) is 9.72. The van der Waals surface area contributed by atoms with Crippen LogP contribution in [0, 0.1) is 5.82 Å². The Bertz CT molecular complexity index is 1310.